The topological polar surface area (TPSA) is 96.7 Å². The second-order valence-corrected chi connectivity index (χ2v) is 14.1. The molecular weight excluding hydrogens is 610 g/mol. The smallest absolute Gasteiger partial charge is 0.338 e. The molecule has 2 aliphatic carbocycles. The van der Waals surface area contributed by atoms with Crippen LogP contribution < -0.4 is 15.6 Å². The zero-order valence-electron chi connectivity index (χ0n) is 24.6. The van der Waals surface area contributed by atoms with E-state index in [9.17, 15) is 23.5 Å². The number of aromatic nitrogens is 2. The SMILES string of the molecule is Cc1nc2c(c(=O)n1CCOc1ccc(Cl)cc1C1CC(C)Nc3c(C(=O)O)csc31)C[C@@H](N1C[C@H]3CC(F)(F)[C@H]3C1)CC2. The Balaban J connectivity index is 1.09. The first kappa shape index (κ1) is 29.7. The molecule has 5 atom stereocenters. The molecule has 2 fully saturated rings. The number of nitrogens with one attached hydrogen (secondary N) is 1. The van der Waals surface area contributed by atoms with Crippen molar-refractivity contribution in [1.29, 1.82) is 0 Å². The van der Waals surface area contributed by atoms with Crippen molar-refractivity contribution in [3.8, 4) is 5.75 Å². The van der Waals surface area contributed by atoms with Gasteiger partial charge >= 0.3 is 5.97 Å². The number of aromatic carboxylic acids is 1. The summed E-state index contributed by atoms with van der Waals surface area (Å²) in [5.41, 5.74) is 3.22. The molecule has 0 radical (unpaired) electrons. The molecule has 3 aromatic rings. The molecule has 2 unspecified atom stereocenters. The minimum atomic E-state index is -2.55. The van der Waals surface area contributed by atoms with Crippen LogP contribution >= 0.6 is 22.9 Å². The fourth-order valence-corrected chi connectivity index (χ4v) is 9.07. The number of benzene rings is 1. The fraction of sp³-hybridized carbons (Fsp3) is 0.531. The number of hydrogen-bond acceptors (Lipinski definition) is 7. The number of alkyl halides is 2. The molecule has 1 aromatic carbocycles. The molecule has 234 valence electrons. The van der Waals surface area contributed by atoms with E-state index in [-0.39, 0.29) is 48.1 Å². The van der Waals surface area contributed by atoms with Gasteiger partial charge in [0.05, 0.1) is 23.5 Å². The van der Waals surface area contributed by atoms with Gasteiger partial charge in [-0.15, -0.1) is 11.3 Å². The number of likely N-dealkylation sites (tertiary alicyclic amines) is 1. The van der Waals surface area contributed by atoms with Gasteiger partial charge in [-0.2, -0.15) is 0 Å². The van der Waals surface area contributed by atoms with Crippen molar-refractivity contribution >= 4 is 34.6 Å². The monoisotopic (exact) mass is 644 g/mol. The lowest BCUT2D eigenvalue weighted by Crippen LogP contribution is -2.46. The molecule has 0 amide bonds. The van der Waals surface area contributed by atoms with Crippen LogP contribution in [-0.4, -0.2) is 63.2 Å². The molecule has 1 saturated heterocycles. The molecule has 2 N–H and O–H groups in total. The zero-order valence-corrected chi connectivity index (χ0v) is 26.2. The van der Waals surface area contributed by atoms with Gasteiger partial charge in [-0.05, 0) is 63.6 Å². The van der Waals surface area contributed by atoms with Crippen LogP contribution in [0.5, 0.6) is 5.75 Å². The third-order valence-corrected chi connectivity index (χ3v) is 11.4. The van der Waals surface area contributed by atoms with E-state index < -0.39 is 17.8 Å². The minimum Gasteiger partial charge on any atom is -0.491 e. The predicted molar refractivity (Wildman–Crippen MR) is 165 cm³/mol. The zero-order chi connectivity index (χ0) is 30.9. The van der Waals surface area contributed by atoms with E-state index in [4.69, 9.17) is 21.3 Å². The third-order valence-electron chi connectivity index (χ3n) is 10.0. The molecule has 0 spiro atoms. The van der Waals surface area contributed by atoms with Gasteiger partial charge in [0.1, 0.15) is 18.2 Å². The van der Waals surface area contributed by atoms with E-state index in [0.717, 1.165) is 29.0 Å². The molecular formula is C32H35ClF2N4O4S. The van der Waals surface area contributed by atoms with Crippen molar-refractivity contribution in [2.45, 2.75) is 76.4 Å². The van der Waals surface area contributed by atoms with Crippen molar-refractivity contribution in [2.24, 2.45) is 11.8 Å². The van der Waals surface area contributed by atoms with E-state index in [1.54, 1.807) is 16.0 Å². The quantitative estimate of drug-likeness (QED) is 0.334. The van der Waals surface area contributed by atoms with E-state index >= 15 is 0 Å². The van der Waals surface area contributed by atoms with Gasteiger partial charge in [0, 0.05) is 69.8 Å². The summed E-state index contributed by atoms with van der Waals surface area (Å²) in [7, 11) is 0. The van der Waals surface area contributed by atoms with Crippen molar-refractivity contribution < 1.29 is 23.4 Å². The Morgan fingerprint density at radius 2 is 2.14 bits per heavy atom. The average molecular weight is 645 g/mol. The number of ether oxygens (including phenoxy) is 1. The van der Waals surface area contributed by atoms with Crippen LogP contribution in [-0.2, 0) is 19.4 Å². The number of rotatable bonds is 7. The number of anilines is 1. The van der Waals surface area contributed by atoms with Crippen LogP contribution in [0, 0.1) is 18.8 Å². The van der Waals surface area contributed by atoms with Crippen LogP contribution in [0.4, 0.5) is 14.5 Å². The first-order valence-corrected chi connectivity index (χ1v) is 16.5. The van der Waals surface area contributed by atoms with Crippen molar-refractivity contribution in [1.82, 2.24) is 14.5 Å². The summed E-state index contributed by atoms with van der Waals surface area (Å²) in [6.45, 7) is 5.47. The van der Waals surface area contributed by atoms with Gasteiger partial charge in [-0.3, -0.25) is 14.3 Å². The number of fused-ring (bicyclic) bond motifs is 3. The third kappa shape index (κ3) is 5.10. The second-order valence-electron chi connectivity index (χ2n) is 12.8. The summed E-state index contributed by atoms with van der Waals surface area (Å²) < 4.78 is 36.0. The molecule has 7 rings (SSSR count). The van der Waals surface area contributed by atoms with Gasteiger partial charge in [0.25, 0.3) is 11.5 Å². The van der Waals surface area contributed by atoms with Crippen LogP contribution in [0.25, 0.3) is 0 Å². The highest BCUT2D eigenvalue weighted by Gasteiger charge is 2.60. The maximum Gasteiger partial charge on any atom is 0.338 e. The maximum absolute atomic E-state index is 14.0. The molecule has 2 aromatic heterocycles. The normalized spacial score (nSPS) is 27.1. The molecule has 4 heterocycles. The molecule has 0 bridgehead atoms. The van der Waals surface area contributed by atoms with E-state index in [1.165, 1.54) is 11.3 Å². The first-order chi connectivity index (χ1) is 21.0. The maximum atomic E-state index is 14.0. The average Bonchev–Trinajstić information content (AvgIpc) is 3.57. The van der Waals surface area contributed by atoms with E-state index in [1.807, 2.05) is 26.0 Å². The summed E-state index contributed by atoms with van der Waals surface area (Å²) in [5.74, 6) is -2.84. The number of hydrogen-bond donors (Lipinski definition) is 2. The Morgan fingerprint density at radius 1 is 1.32 bits per heavy atom. The lowest BCUT2D eigenvalue weighted by atomic mass is 9.72. The molecule has 2 aliphatic heterocycles. The highest BCUT2D eigenvalue weighted by atomic mass is 35.5. The molecule has 1 saturated carbocycles. The van der Waals surface area contributed by atoms with E-state index in [2.05, 4.69) is 10.2 Å². The van der Waals surface area contributed by atoms with Crippen molar-refractivity contribution in [3.05, 3.63) is 72.0 Å². The highest BCUT2D eigenvalue weighted by molar-refractivity contribution is 7.11. The number of halogens is 3. The fourth-order valence-electron chi connectivity index (χ4n) is 7.75. The van der Waals surface area contributed by atoms with Gasteiger partial charge < -0.3 is 15.2 Å². The van der Waals surface area contributed by atoms with E-state index in [0.29, 0.717) is 60.3 Å². The van der Waals surface area contributed by atoms with Crippen molar-refractivity contribution in [2.75, 3.05) is 25.0 Å². The Kier molecular flexibility index (Phi) is 7.49. The Bertz CT molecular complexity index is 1690. The summed E-state index contributed by atoms with van der Waals surface area (Å²) in [6.07, 6.45) is 2.76. The summed E-state index contributed by atoms with van der Waals surface area (Å²) >= 11 is 7.84. The Morgan fingerprint density at radius 3 is 2.89 bits per heavy atom. The number of carboxylic acid groups (broad SMARTS) is 1. The summed E-state index contributed by atoms with van der Waals surface area (Å²) in [6, 6.07) is 5.60. The van der Waals surface area contributed by atoms with Crippen molar-refractivity contribution in [3.63, 3.8) is 0 Å². The number of carbonyl (C=O) groups is 1. The van der Waals surface area contributed by atoms with Gasteiger partial charge in [0.2, 0.25) is 0 Å². The Hall–Kier alpha value is -3.02. The Labute approximate surface area is 263 Å². The molecule has 44 heavy (non-hydrogen) atoms. The summed E-state index contributed by atoms with van der Waals surface area (Å²) in [5, 5.41) is 15.2. The molecule has 8 nitrogen and oxygen atoms in total. The lowest BCUT2D eigenvalue weighted by Gasteiger charge is -2.38. The lowest BCUT2D eigenvalue weighted by molar-refractivity contribution is -0.152. The second kappa shape index (κ2) is 11.1. The number of nitrogens with zero attached hydrogens (tertiary/aromatic N) is 3. The number of thiophene rings is 1. The van der Waals surface area contributed by atoms with Gasteiger partial charge in [-0.25, -0.2) is 18.6 Å². The highest BCUT2D eigenvalue weighted by Crippen LogP contribution is 2.53. The molecule has 12 heteroatoms. The predicted octanol–water partition coefficient (Wildman–Crippen LogP) is 5.82. The van der Waals surface area contributed by atoms with Gasteiger partial charge in [0.15, 0.2) is 0 Å². The molecule has 4 aliphatic rings. The summed E-state index contributed by atoms with van der Waals surface area (Å²) in [4.78, 5) is 33.4. The number of aryl methyl sites for hydroxylation is 2. The van der Waals surface area contributed by atoms with Crippen LogP contribution in [0.1, 0.15) is 70.0 Å². The van der Waals surface area contributed by atoms with Crippen LogP contribution in [0.2, 0.25) is 5.02 Å². The largest absolute Gasteiger partial charge is 0.491 e. The standard InChI is InChI=1S/C32H35ClF2N4O4S/c1-16-9-22(29-28(36-16)24(15-44-29)31(41)42)21-10-19(33)3-6-27(21)43-8-7-39-17(2)37-26-5-4-20(11-23(26)30(39)40)38-13-18-12-32(34,35)25(18)14-38/h3,6,10,15-16,18,20,22,25,36H,4-5,7-9,11-14H2,1-2H3,(H,41,42)/t16?,18-,20+,22?,25+/m1/s1. The van der Waals surface area contributed by atoms with Gasteiger partial charge in [-0.1, -0.05) is 11.6 Å². The van der Waals surface area contributed by atoms with Crippen LogP contribution in [0.3, 0.4) is 0 Å². The van der Waals surface area contributed by atoms with Crippen LogP contribution in [0.15, 0.2) is 28.4 Å². The first-order valence-electron chi connectivity index (χ1n) is 15.2. The number of carboxylic acids is 1. The minimum absolute atomic E-state index is 0.0190.